The highest BCUT2D eigenvalue weighted by Crippen LogP contribution is 2.31. The molecule has 0 aromatic heterocycles. The molecule has 0 radical (unpaired) electrons. The first-order valence-electron chi connectivity index (χ1n) is 13.7. The molecule has 2 N–H and O–H groups in total. The Bertz CT molecular complexity index is 1090. The molecule has 5 rings (SSSR count). The second kappa shape index (κ2) is 14.6. The van der Waals surface area contributed by atoms with Crippen molar-refractivity contribution in [2.75, 3.05) is 32.8 Å². The molecule has 2 bridgehead atoms. The van der Waals surface area contributed by atoms with Crippen molar-refractivity contribution in [3.05, 3.63) is 108 Å². The number of carbonyl (C=O) groups is 2. The monoisotopic (exact) mass is 530 g/mol. The van der Waals surface area contributed by atoms with Crippen LogP contribution in [0.25, 0.3) is 0 Å². The first kappa shape index (κ1) is 28.5. The van der Waals surface area contributed by atoms with Gasteiger partial charge in [0.15, 0.2) is 0 Å². The highest BCUT2D eigenvalue weighted by atomic mass is 16.5. The van der Waals surface area contributed by atoms with Crippen LogP contribution >= 0.6 is 0 Å². The number of piperazine rings is 1. The van der Waals surface area contributed by atoms with Gasteiger partial charge in [-0.15, -0.1) is 0 Å². The van der Waals surface area contributed by atoms with Crippen molar-refractivity contribution in [1.29, 1.82) is 0 Å². The van der Waals surface area contributed by atoms with E-state index in [0.717, 1.165) is 25.2 Å². The Morgan fingerprint density at radius 2 is 1.23 bits per heavy atom. The molecule has 3 aromatic rings. The number of hydrogen-bond donors (Lipinski definition) is 2. The van der Waals surface area contributed by atoms with Gasteiger partial charge in [0, 0.05) is 31.7 Å². The predicted octanol–water partition coefficient (Wildman–Crippen LogP) is 4.73. The maximum Gasteiger partial charge on any atom is 0.414 e. The Hall–Kier alpha value is -3.52. The number of carboxylic acid groups (broad SMARTS) is 2. The Morgan fingerprint density at radius 3 is 1.72 bits per heavy atom. The Morgan fingerprint density at radius 1 is 0.744 bits per heavy atom. The van der Waals surface area contributed by atoms with Crippen molar-refractivity contribution in [2.45, 2.75) is 43.9 Å². The van der Waals surface area contributed by atoms with Gasteiger partial charge in [-0.1, -0.05) is 91.0 Å². The molecule has 7 nitrogen and oxygen atoms in total. The van der Waals surface area contributed by atoms with E-state index in [2.05, 4.69) is 101 Å². The van der Waals surface area contributed by atoms with Crippen LogP contribution in [0.1, 0.15) is 42.1 Å². The average Bonchev–Trinajstić information content (AvgIpc) is 3.19. The summed E-state index contributed by atoms with van der Waals surface area (Å²) in [6.45, 7) is 5.39. The van der Waals surface area contributed by atoms with E-state index in [1.165, 1.54) is 62.0 Å². The second-order valence-electron chi connectivity index (χ2n) is 10.2. The highest BCUT2D eigenvalue weighted by molar-refractivity contribution is 6.27. The maximum atomic E-state index is 9.10. The minimum Gasteiger partial charge on any atom is -0.473 e. The Balaban J connectivity index is 0.000000531. The van der Waals surface area contributed by atoms with E-state index in [1.807, 2.05) is 0 Å². The van der Waals surface area contributed by atoms with Crippen molar-refractivity contribution in [3.63, 3.8) is 0 Å². The molecular formula is C32H38N2O5. The molecule has 0 saturated carbocycles. The molecule has 2 atom stereocenters. The van der Waals surface area contributed by atoms with Gasteiger partial charge in [0.2, 0.25) is 0 Å². The summed E-state index contributed by atoms with van der Waals surface area (Å²) >= 11 is 0. The summed E-state index contributed by atoms with van der Waals surface area (Å²) in [7, 11) is 0. The predicted molar refractivity (Wildman–Crippen MR) is 151 cm³/mol. The standard InChI is InChI=1S/C30H36N2O.C2H2O4/c1-4-11-25(12-5-1)13-10-20-32-28-18-19-29(32)24-31(23-28)21-22-33-30(26-14-6-2-7-15-26)27-16-8-3-9-17-27;3-1(4)2(5)6/h1-9,11-12,14-17,28-30H,10,13,18-24H2;(H,3,4)(H,5,6). The summed E-state index contributed by atoms with van der Waals surface area (Å²) in [5.74, 6) is -3.65. The van der Waals surface area contributed by atoms with Crippen LogP contribution < -0.4 is 0 Å². The van der Waals surface area contributed by atoms with Crippen LogP contribution in [0.3, 0.4) is 0 Å². The first-order chi connectivity index (χ1) is 19.0. The molecule has 0 amide bonds. The van der Waals surface area contributed by atoms with Gasteiger partial charge in [-0.2, -0.15) is 0 Å². The van der Waals surface area contributed by atoms with Gasteiger partial charge in [0.1, 0.15) is 6.10 Å². The molecule has 2 fully saturated rings. The lowest BCUT2D eigenvalue weighted by molar-refractivity contribution is -0.159. The molecule has 206 valence electrons. The second-order valence-corrected chi connectivity index (χ2v) is 10.2. The van der Waals surface area contributed by atoms with Crippen molar-refractivity contribution < 1.29 is 24.5 Å². The first-order valence-corrected chi connectivity index (χ1v) is 13.7. The van der Waals surface area contributed by atoms with Crippen molar-refractivity contribution in [3.8, 4) is 0 Å². The lowest BCUT2D eigenvalue weighted by Crippen LogP contribution is -2.54. The third kappa shape index (κ3) is 8.48. The van der Waals surface area contributed by atoms with Gasteiger partial charge in [0.25, 0.3) is 0 Å². The number of likely N-dealkylation sites (tertiary alicyclic amines) is 1. The normalized spacial score (nSPS) is 18.9. The van der Waals surface area contributed by atoms with E-state index in [-0.39, 0.29) is 6.10 Å². The van der Waals surface area contributed by atoms with Gasteiger partial charge in [-0.25, -0.2) is 9.59 Å². The van der Waals surface area contributed by atoms with Gasteiger partial charge in [-0.3, -0.25) is 9.80 Å². The molecule has 2 saturated heterocycles. The number of carboxylic acids is 2. The summed E-state index contributed by atoms with van der Waals surface area (Å²) in [6.07, 6.45) is 5.15. The van der Waals surface area contributed by atoms with Crippen molar-refractivity contribution >= 4 is 11.9 Å². The third-order valence-electron chi connectivity index (χ3n) is 7.51. The summed E-state index contributed by atoms with van der Waals surface area (Å²) < 4.78 is 6.49. The van der Waals surface area contributed by atoms with E-state index < -0.39 is 11.9 Å². The lowest BCUT2D eigenvalue weighted by atomic mass is 10.0. The highest BCUT2D eigenvalue weighted by Gasteiger charge is 2.39. The number of ether oxygens (including phenoxy) is 1. The molecule has 2 aliphatic heterocycles. The zero-order valence-corrected chi connectivity index (χ0v) is 22.3. The largest absolute Gasteiger partial charge is 0.473 e. The summed E-state index contributed by atoms with van der Waals surface area (Å²) in [5.41, 5.74) is 3.92. The number of aliphatic carboxylic acids is 2. The Labute approximate surface area is 230 Å². The van der Waals surface area contributed by atoms with E-state index in [4.69, 9.17) is 24.5 Å². The number of nitrogens with zero attached hydrogens (tertiary/aromatic N) is 2. The van der Waals surface area contributed by atoms with Gasteiger partial charge in [-0.05, 0) is 48.9 Å². The van der Waals surface area contributed by atoms with Crippen molar-refractivity contribution in [2.24, 2.45) is 0 Å². The summed E-state index contributed by atoms with van der Waals surface area (Å²) in [4.78, 5) is 23.6. The molecule has 39 heavy (non-hydrogen) atoms. The quantitative estimate of drug-likeness (QED) is 0.366. The third-order valence-corrected chi connectivity index (χ3v) is 7.51. The molecule has 2 heterocycles. The van der Waals surface area contributed by atoms with Crippen LogP contribution in [0.5, 0.6) is 0 Å². The van der Waals surface area contributed by atoms with E-state index >= 15 is 0 Å². The van der Waals surface area contributed by atoms with Crippen LogP contribution in [0, 0.1) is 0 Å². The van der Waals surface area contributed by atoms with Crippen LogP contribution in [-0.2, 0) is 20.7 Å². The molecule has 0 spiro atoms. The fraction of sp³-hybridized carbons (Fsp3) is 0.375. The maximum absolute atomic E-state index is 9.10. The molecule has 2 aliphatic rings. The minimum atomic E-state index is -1.82. The number of rotatable bonds is 10. The number of aryl methyl sites for hydroxylation is 1. The molecular weight excluding hydrogens is 492 g/mol. The average molecular weight is 531 g/mol. The topological polar surface area (TPSA) is 90.3 Å². The number of fused-ring (bicyclic) bond motifs is 2. The Kier molecular flexibility index (Phi) is 10.7. The van der Waals surface area contributed by atoms with Crippen LogP contribution in [0.2, 0.25) is 0 Å². The number of hydrogen-bond acceptors (Lipinski definition) is 5. The zero-order valence-electron chi connectivity index (χ0n) is 22.3. The van der Waals surface area contributed by atoms with E-state index in [0.29, 0.717) is 0 Å². The summed E-state index contributed by atoms with van der Waals surface area (Å²) in [6, 6.07) is 33.6. The SMILES string of the molecule is O=C(O)C(=O)O.c1ccc(CCCN2C3CCC2CN(CCOC(c2ccccc2)c2ccccc2)C3)cc1. The minimum absolute atomic E-state index is 0.00315. The lowest BCUT2D eigenvalue weighted by Gasteiger charge is -2.41. The molecule has 2 unspecified atom stereocenters. The van der Waals surface area contributed by atoms with E-state index in [1.54, 1.807) is 0 Å². The van der Waals surface area contributed by atoms with Crippen LogP contribution in [0.15, 0.2) is 91.0 Å². The van der Waals surface area contributed by atoms with E-state index in [9.17, 15) is 0 Å². The smallest absolute Gasteiger partial charge is 0.414 e. The van der Waals surface area contributed by atoms with Gasteiger partial charge in [0.05, 0.1) is 6.61 Å². The molecule has 3 aromatic carbocycles. The summed E-state index contributed by atoms with van der Waals surface area (Å²) in [5, 5.41) is 14.8. The fourth-order valence-corrected chi connectivity index (χ4v) is 5.68. The fourth-order valence-electron chi connectivity index (χ4n) is 5.68. The van der Waals surface area contributed by atoms with Crippen molar-refractivity contribution in [1.82, 2.24) is 9.80 Å². The van der Waals surface area contributed by atoms with Crippen LogP contribution in [0.4, 0.5) is 0 Å². The van der Waals surface area contributed by atoms with Gasteiger partial charge < -0.3 is 14.9 Å². The van der Waals surface area contributed by atoms with Gasteiger partial charge >= 0.3 is 11.9 Å². The number of benzene rings is 3. The molecule has 0 aliphatic carbocycles. The zero-order chi connectivity index (χ0) is 27.5. The molecule has 7 heteroatoms. The van der Waals surface area contributed by atoms with Crippen LogP contribution in [-0.4, -0.2) is 76.8 Å².